The Morgan fingerprint density at radius 3 is 1.67 bits per heavy atom. The number of nitrogens with zero attached hydrogens (tertiary/aromatic N) is 2. The Morgan fingerprint density at radius 2 is 1.08 bits per heavy atom. The molecule has 0 radical (unpaired) electrons. The molecule has 230 valence electrons. The molecular weight excluding hydrogens is 581 g/mol. The fraction of sp³-hybridized carbons (Fsp3) is 0.130. The van der Waals surface area contributed by atoms with E-state index in [0.717, 1.165) is 49.6 Å². The van der Waals surface area contributed by atoms with Gasteiger partial charge in [-0.2, -0.15) is 0 Å². The number of aliphatic imine (C=N–C) groups is 1. The van der Waals surface area contributed by atoms with Crippen molar-refractivity contribution in [1.82, 2.24) is 4.98 Å². The van der Waals surface area contributed by atoms with Crippen LogP contribution in [0.3, 0.4) is 0 Å². The van der Waals surface area contributed by atoms with Crippen molar-refractivity contribution in [1.29, 1.82) is 0 Å². The Morgan fingerprint density at radius 1 is 0.542 bits per heavy atom. The molecule has 6 aromatic carbocycles. The van der Waals surface area contributed by atoms with Crippen LogP contribution < -0.4 is 0 Å². The van der Waals surface area contributed by atoms with Crippen molar-refractivity contribution in [3.8, 4) is 44.5 Å². The van der Waals surface area contributed by atoms with Gasteiger partial charge in [0, 0.05) is 38.7 Å². The highest BCUT2D eigenvalue weighted by Gasteiger charge is 2.36. The molecule has 0 amide bonds. The van der Waals surface area contributed by atoms with Gasteiger partial charge in [-0.05, 0) is 104 Å². The second-order valence-electron chi connectivity index (χ2n) is 14.3. The normalized spacial score (nSPS) is 14.8. The predicted molar refractivity (Wildman–Crippen MR) is 205 cm³/mol. The summed E-state index contributed by atoms with van der Waals surface area (Å²) in [5.41, 5.74) is 17.9. The van der Waals surface area contributed by atoms with Gasteiger partial charge >= 0.3 is 0 Å². The van der Waals surface area contributed by atoms with Crippen LogP contribution in [0.25, 0.3) is 72.3 Å². The number of hydrogen-bond acceptors (Lipinski definition) is 2. The first-order chi connectivity index (χ1) is 23.2. The topological polar surface area (TPSA) is 25.2 Å². The molecule has 48 heavy (non-hydrogen) atoms. The van der Waals surface area contributed by atoms with Gasteiger partial charge in [0.25, 0.3) is 0 Å². The van der Waals surface area contributed by atoms with E-state index < -0.39 is 0 Å². The van der Waals surface area contributed by atoms with E-state index in [9.17, 15) is 0 Å². The van der Waals surface area contributed by atoms with Crippen LogP contribution in [0.2, 0.25) is 0 Å². The van der Waals surface area contributed by atoms with E-state index in [1.807, 2.05) is 18.3 Å². The minimum absolute atomic E-state index is 0.0859. The number of benzene rings is 6. The summed E-state index contributed by atoms with van der Waals surface area (Å²) < 4.78 is 0. The number of aromatic nitrogens is 1. The molecule has 2 aliphatic carbocycles. The van der Waals surface area contributed by atoms with Crippen molar-refractivity contribution in [3.05, 3.63) is 150 Å². The Labute approximate surface area is 282 Å². The fourth-order valence-corrected chi connectivity index (χ4v) is 8.70. The monoisotopic (exact) mass is 616 g/mol. The van der Waals surface area contributed by atoms with Gasteiger partial charge in [-0.1, -0.05) is 119 Å². The van der Waals surface area contributed by atoms with Crippen LogP contribution in [0.1, 0.15) is 55.5 Å². The summed E-state index contributed by atoms with van der Waals surface area (Å²) in [5.74, 6) is 0. The first-order valence-electron chi connectivity index (χ1n) is 16.7. The fourth-order valence-electron chi connectivity index (χ4n) is 8.70. The minimum Gasteiger partial charge on any atom is -0.263 e. The summed E-state index contributed by atoms with van der Waals surface area (Å²) in [5, 5.41) is 3.21. The van der Waals surface area contributed by atoms with Gasteiger partial charge in [0.1, 0.15) is 0 Å². The summed E-state index contributed by atoms with van der Waals surface area (Å²) in [6, 6.07) is 40.2. The lowest BCUT2D eigenvalue weighted by atomic mass is 9.80. The molecule has 0 saturated heterocycles. The zero-order valence-electron chi connectivity index (χ0n) is 27.9. The van der Waals surface area contributed by atoms with E-state index in [1.165, 1.54) is 50.1 Å². The van der Waals surface area contributed by atoms with E-state index in [0.29, 0.717) is 0 Å². The first kappa shape index (κ1) is 28.6. The second kappa shape index (κ2) is 9.95. The largest absolute Gasteiger partial charge is 0.263 e. The van der Waals surface area contributed by atoms with E-state index in [-0.39, 0.29) is 10.8 Å². The van der Waals surface area contributed by atoms with Crippen molar-refractivity contribution in [2.24, 2.45) is 4.99 Å². The summed E-state index contributed by atoms with van der Waals surface area (Å²) in [6.45, 7) is 17.7. The molecule has 0 spiro atoms. The molecule has 0 atom stereocenters. The molecule has 0 fully saturated rings. The van der Waals surface area contributed by atoms with E-state index >= 15 is 0 Å². The highest BCUT2D eigenvalue weighted by molar-refractivity contribution is 6.17. The van der Waals surface area contributed by atoms with Crippen molar-refractivity contribution < 1.29 is 0 Å². The lowest BCUT2D eigenvalue weighted by Crippen LogP contribution is -2.14. The predicted octanol–water partition coefficient (Wildman–Crippen LogP) is 12.3. The second-order valence-corrected chi connectivity index (χ2v) is 14.3. The van der Waals surface area contributed by atoms with E-state index in [4.69, 9.17) is 4.98 Å². The molecule has 1 aromatic heterocycles. The van der Waals surface area contributed by atoms with E-state index in [1.54, 1.807) is 0 Å². The number of rotatable bonds is 4. The van der Waals surface area contributed by atoms with Crippen molar-refractivity contribution >= 4 is 40.2 Å². The molecule has 2 nitrogen and oxygen atoms in total. The molecule has 9 rings (SSSR count). The van der Waals surface area contributed by atoms with Gasteiger partial charge in [0.2, 0.25) is 0 Å². The summed E-state index contributed by atoms with van der Waals surface area (Å²) in [7, 11) is 0. The zero-order chi connectivity index (χ0) is 32.9. The zero-order valence-corrected chi connectivity index (χ0v) is 27.9. The van der Waals surface area contributed by atoms with Crippen molar-refractivity contribution in [3.63, 3.8) is 0 Å². The number of pyridine rings is 1. The third kappa shape index (κ3) is 3.75. The maximum absolute atomic E-state index is 5.01. The van der Waals surface area contributed by atoms with Gasteiger partial charge in [0.15, 0.2) is 0 Å². The molecule has 0 bridgehead atoms. The molecule has 0 N–H and O–H groups in total. The molecule has 2 heteroatoms. The van der Waals surface area contributed by atoms with Crippen LogP contribution >= 0.6 is 0 Å². The molecule has 0 saturated carbocycles. The van der Waals surface area contributed by atoms with E-state index in [2.05, 4.69) is 149 Å². The lowest BCUT2D eigenvalue weighted by Gasteiger charge is -2.23. The van der Waals surface area contributed by atoms with Gasteiger partial charge in [-0.25, -0.2) is 0 Å². The third-order valence-electron chi connectivity index (χ3n) is 11.2. The standard InChI is InChI=1S/C46H36N2/c1-7-29-35(27-18-20-32-30-13-8-10-16-39(30)45(2,3)41(32)23-27)25-38-37(43(29)47-6)26-36(34-15-12-22-48-44(34)38)28-19-21-33-31-14-9-11-17-40(31)46(4,5)42(33)24-28/h7-26H,1,6H2,2-5H3. The quantitative estimate of drug-likeness (QED) is 0.143. The van der Waals surface area contributed by atoms with Crippen LogP contribution in [0.15, 0.2) is 127 Å². The number of fused-ring (bicyclic) bond motifs is 9. The average molecular weight is 617 g/mol. The van der Waals surface area contributed by atoms with Crippen LogP contribution in [0, 0.1) is 0 Å². The molecular formula is C46H36N2. The summed E-state index contributed by atoms with van der Waals surface area (Å²) >= 11 is 0. The average Bonchev–Trinajstić information content (AvgIpc) is 3.49. The summed E-state index contributed by atoms with van der Waals surface area (Å²) in [4.78, 5) is 9.70. The summed E-state index contributed by atoms with van der Waals surface area (Å²) in [6.07, 6.45) is 3.83. The maximum Gasteiger partial charge on any atom is 0.0787 e. The Kier molecular flexibility index (Phi) is 5.93. The molecule has 1 heterocycles. The van der Waals surface area contributed by atoms with Gasteiger partial charge in [-0.15, -0.1) is 0 Å². The maximum atomic E-state index is 5.01. The van der Waals surface area contributed by atoms with Crippen molar-refractivity contribution in [2.75, 3.05) is 0 Å². The molecule has 2 aliphatic rings. The van der Waals surface area contributed by atoms with Gasteiger partial charge in [0.05, 0.1) is 11.2 Å². The SMILES string of the molecule is C=Cc1c(-c2ccc3c(c2)C(C)(C)c2ccccc2-3)cc2c(cc(-c3ccc4c(c3)C(C)(C)c3ccccc3-4)c3cccnc32)c1N=C. The number of hydrogen-bond donors (Lipinski definition) is 0. The van der Waals surface area contributed by atoms with Crippen molar-refractivity contribution in [2.45, 2.75) is 38.5 Å². The lowest BCUT2D eigenvalue weighted by molar-refractivity contribution is 0.660. The van der Waals surface area contributed by atoms with Crippen LogP contribution in [0.4, 0.5) is 5.69 Å². The first-order valence-corrected chi connectivity index (χ1v) is 16.7. The molecule has 0 unspecified atom stereocenters. The highest BCUT2D eigenvalue weighted by Crippen LogP contribution is 2.52. The smallest absolute Gasteiger partial charge is 0.0787 e. The Hall–Kier alpha value is -5.60. The minimum atomic E-state index is -0.0956. The van der Waals surface area contributed by atoms with Crippen LogP contribution in [0.5, 0.6) is 0 Å². The third-order valence-corrected chi connectivity index (χ3v) is 11.2. The van der Waals surface area contributed by atoms with Gasteiger partial charge < -0.3 is 0 Å². The van der Waals surface area contributed by atoms with Crippen LogP contribution in [-0.2, 0) is 10.8 Å². The van der Waals surface area contributed by atoms with Crippen LogP contribution in [-0.4, -0.2) is 11.7 Å². The Bertz CT molecular complexity index is 2550. The van der Waals surface area contributed by atoms with Gasteiger partial charge in [-0.3, -0.25) is 9.98 Å². The highest BCUT2D eigenvalue weighted by atomic mass is 14.7. The Balaban J connectivity index is 1.28. The molecule has 0 aliphatic heterocycles. The molecule has 7 aromatic rings.